The van der Waals surface area contributed by atoms with Gasteiger partial charge >= 0.3 is 0 Å². The van der Waals surface area contributed by atoms with Crippen LogP contribution in [0, 0.1) is 0 Å². The van der Waals surface area contributed by atoms with E-state index >= 15 is 0 Å². The van der Waals surface area contributed by atoms with Gasteiger partial charge in [0.05, 0.1) is 4.21 Å². The Morgan fingerprint density at radius 2 is 1.89 bits per heavy atom. The van der Waals surface area contributed by atoms with Gasteiger partial charge in [-0.05, 0) is 22.2 Å². The lowest BCUT2D eigenvalue weighted by Crippen LogP contribution is -3.00. The van der Waals surface area contributed by atoms with Crippen molar-refractivity contribution >= 4 is 32.4 Å². The Hall–Kier alpha value is 0.150. The molecule has 1 aromatic heterocycles. The van der Waals surface area contributed by atoms with E-state index in [1.54, 1.807) is 0 Å². The molecule has 5 heteroatoms. The molecule has 0 saturated heterocycles. The number of halogens is 1. The smallest absolute Gasteiger partial charge is 0.267 e. The maximum atomic E-state index is 2.34. The molecule has 0 spiro atoms. The minimum atomic E-state index is 0. The van der Waals surface area contributed by atoms with Crippen LogP contribution >= 0.6 is 32.4 Å². The van der Waals surface area contributed by atoms with Gasteiger partial charge in [-0.1, -0.05) is 40.7 Å². The van der Waals surface area contributed by atoms with Crippen molar-refractivity contribution in [1.82, 2.24) is 4.58 Å². The van der Waals surface area contributed by atoms with E-state index in [-0.39, 0.29) is 24.0 Å². The Balaban J connectivity index is 0.00000162. The van der Waals surface area contributed by atoms with Crippen molar-refractivity contribution in [3.63, 3.8) is 0 Å². The van der Waals surface area contributed by atoms with Crippen molar-refractivity contribution in [2.24, 2.45) is 0 Å². The van der Waals surface area contributed by atoms with Crippen LogP contribution in [0.1, 0.15) is 5.56 Å². The summed E-state index contributed by atoms with van der Waals surface area (Å²) in [6.45, 7) is 1.07. The van der Waals surface area contributed by atoms with Crippen LogP contribution in [0.4, 0.5) is 0 Å². The fourth-order valence-electron chi connectivity index (χ4n) is 1.55. The molecule has 0 N–H and O–H groups in total. The van der Waals surface area contributed by atoms with Crippen LogP contribution in [0.2, 0.25) is 0 Å². The Kier molecular flexibility index (Phi) is 7.51. The number of rotatable bonds is 4. The van der Waals surface area contributed by atoms with E-state index in [1.165, 1.54) is 14.4 Å². The van der Waals surface area contributed by atoms with Crippen LogP contribution < -0.4 is 33.2 Å². The standard InChI is InChI=1S/C13H16NS3.HI/c1-14(12-10-13(15-2)17-16-12)9-8-11-6-4-3-5-7-11;/h3-7,10H,8-9H2,1-2H3;1H/q+1;/p-1. The maximum absolute atomic E-state index is 2.34. The third-order valence-electron chi connectivity index (χ3n) is 2.61. The Morgan fingerprint density at radius 1 is 1.17 bits per heavy atom. The maximum Gasteiger partial charge on any atom is 0.267 e. The molecule has 0 saturated carbocycles. The first kappa shape index (κ1) is 16.2. The van der Waals surface area contributed by atoms with Crippen LogP contribution in [0.15, 0.2) is 40.6 Å². The van der Waals surface area contributed by atoms with E-state index in [4.69, 9.17) is 0 Å². The molecule has 0 unspecified atom stereocenters. The second-order valence-corrected chi connectivity index (χ2v) is 7.13. The topological polar surface area (TPSA) is 3.01 Å². The molecule has 1 nitrogen and oxygen atoms in total. The molecule has 2 rings (SSSR count). The number of hydrogen-bond acceptors (Lipinski definition) is 3. The molecule has 0 aliphatic rings. The second-order valence-electron chi connectivity index (χ2n) is 3.83. The van der Waals surface area contributed by atoms with Crippen LogP contribution in [-0.4, -0.2) is 19.8 Å². The number of thioether (sulfide) groups is 1. The number of benzene rings is 1. The van der Waals surface area contributed by atoms with Crippen molar-refractivity contribution in [1.29, 1.82) is 0 Å². The molecule has 18 heavy (non-hydrogen) atoms. The SMILES string of the molecule is CSc1cc(=[N+](C)CCc2ccccc2)ss1.[I-]. The fraction of sp³-hybridized carbons (Fsp3) is 0.308. The Bertz CT molecular complexity index is 530. The fourth-order valence-corrected chi connectivity index (χ4v) is 5.01. The first-order valence-electron chi connectivity index (χ1n) is 5.52. The number of likely N-dealkylation sites (N-methyl/N-ethyl adjacent to an activating group) is 1. The first-order valence-corrected chi connectivity index (χ1v) is 8.89. The average Bonchev–Trinajstić information content (AvgIpc) is 2.86. The summed E-state index contributed by atoms with van der Waals surface area (Å²) in [6.07, 6.45) is 3.24. The molecule has 0 amide bonds. The third-order valence-corrected chi connectivity index (χ3v) is 6.46. The highest BCUT2D eigenvalue weighted by Crippen LogP contribution is 2.20. The number of hydrogen-bond donors (Lipinski definition) is 0. The summed E-state index contributed by atoms with van der Waals surface area (Å²) in [5, 5.41) is 0. The van der Waals surface area contributed by atoms with Crippen molar-refractivity contribution < 1.29 is 24.0 Å². The van der Waals surface area contributed by atoms with Crippen molar-refractivity contribution in [2.45, 2.75) is 10.6 Å². The quantitative estimate of drug-likeness (QED) is 0.302. The highest BCUT2D eigenvalue weighted by molar-refractivity contribution is 8.02. The van der Waals surface area contributed by atoms with E-state index < -0.39 is 0 Å². The largest absolute Gasteiger partial charge is 1.00 e. The normalized spacial score (nSPS) is 11.9. The summed E-state index contributed by atoms with van der Waals surface area (Å²) in [5.74, 6) is 0. The van der Waals surface area contributed by atoms with Gasteiger partial charge in [-0.2, -0.15) is 0 Å². The van der Waals surface area contributed by atoms with E-state index in [0.29, 0.717) is 0 Å². The van der Waals surface area contributed by atoms with Gasteiger partial charge in [0.2, 0.25) is 0 Å². The van der Waals surface area contributed by atoms with Gasteiger partial charge in [0, 0.05) is 12.5 Å². The van der Waals surface area contributed by atoms with Crippen LogP contribution in [0.5, 0.6) is 0 Å². The zero-order valence-electron chi connectivity index (χ0n) is 10.4. The summed E-state index contributed by atoms with van der Waals surface area (Å²) in [6, 6.07) is 12.9. The van der Waals surface area contributed by atoms with E-state index in [2.05, 4.69) is 54.3 Å². The summed E-state index contributed by atoms with van der Waals surface area (Å²) in [7, 11) is 5.90. The van der Waals surface area contributed by atoms with Crippen LogP contribution in [-0.2, 0) is 6.42 Å². The zero-order valence-corrected chi connectivity index (χ0v) is 15.0. The molecule has 0 aliphatic heterocycles. The molecule has 1 aromatic carbocycles. The minimum absolute atomic E-state index is 0. The lowest BCUT2D eigenvalue weighted by molar-refractivity contribution is -0.00000335. The highest BCUT2D eigenvalue weighted by atomic mass is 127. The molecule has 0 radical (unpaired) electrons. The van der Waals surface area contributed by atoms with Gasteiger partial charge in [0.15, 0.2) is 0 Å². The zero-order chi connectivity index (χ0) is 12.1. The Labute approximate surface area is 137 Å². The first-order chi connectivity index (χ1) is 8.29. The van der Waals surface area contributed by atoms with Gasteiger partial charge in [0.1, 0.15) is 13.6 Å². The Morgan fingerprint density at radius 3 is 2.50 bits per heavy atom. The molecular weight excluding hydrogens is 393 g/mol. The van der Waals surface area contributed by atoms with Gasteiger partial charge < -0.3 is 24.0 Å². The number of nitrogens with zero attached hydrogens (tertiary/aromatic N) is 1. The van der Waals surface area contributed by atoms with Crippen LogP contribution in [0.3, 0.4) is 0 Å². The molecule has 0 atom stereocenters. The minimum Gasteiger partial charge on any atom is -1.00 e. The van der Waals surface area contributed by atoms with Gasteiger partial charge in [-0.25, -0.2) is 4.58 Å². The molecule has 1 heterocycles. The summed E-state index contributed by atoms with van der Waals surface area (Å²) in [4.78, 5) is 0. The van der Waals surface area contributed by atoms with E-state index in [1.807, 2.05) is 32.4 Å². The molecule has 98 valence electrons. The predicted octanol–water partition coefficient (Wildman–Crippen LogP) is 0.180. The van der Waals surface area contributed by atoms with Crippen molar-refractivity contribution in [3.05, 3.63) is 46.6 Å². The van der Waals surface area contributed by atoms with Gasteiger partial charge in [-0.3, -0.25) is 0 Å². The highest BCUT2D eigenvalue weighted by Gasteiger charge is 2.04. The summed E-state index contributed by atoms with van der Waals surface area (Å²) in [5.41, 5.74) is 1.41. The van der Waals surface area contributed by atoms with Crippen molar-refractivity contribution in [3.8, 4) is 0 Å². The molecule has 0 bridgehead atoms. The van der Waals surface area contributed by atoms with Crippen molar-refractivity contribution in [2.75, 3.05) is 19.8 Å². The van der Waals surface area contributed by atoms with E-state index in [9.17, 15) is 0 Å². The molecule has 2 aromatic rings. The monoisotopic (exact) mass is 409 g/mol. The summed E-state index contributed by atoms with van der Waals surface area (Å²) < 4.78 is 5.11. The lowest BCUT2D eigenvalue weighted by Gasteiger charge is -1.97. The second kappa shape index (κ2) is 8.35. The predicted molar refractivity (Wildman–Crippen MR) is 80.2 cm³/mol. The molecule has 0 fully saturated rings. The van der Waals surface area contributed by atoms with Gasteiger partial charge in [0.25, 0.3) is 4.67 Å². The lowest BCUT2D eigenvalue weighted by atomic mass is 10.1. The van der Waals surface area contributed by atoms with E-state index in [0.717, 1.165) is 13.0 Å². The van der Waals surface area contributed by atoms with Crippen LogP contribution in [0.25, 0.3) is 0 Å². The molecule has 0 aliphatic carbocycles. The third kappa shape index (κ3) is 4.68. The average molecular weight is 409 g/mol. The molecular formula is C13H16INS3. The van der Waals surface area contributed by atoms with Gasteiger partial charge in [-0.15, -0.1) is 11.8 Å². The summed E-state index contributed by atoms with van der Waals surface area (Å²) >= 11 is 1.82.